The van der Waals surface area contributed by atoms with Crippen LogP contribution >= 0.6 is 40.7 Å². The first-order valence-electron chi connectivity index (χ1n) is 10.5. The SMILES string of the molecule is CC(=Nc1c(C)cc(C)cc1C)C1=CCC(C(C)=Nc2c(C)cc(C)cc2C)=N1.[I][Fe][I]. The third-order valence-electron chi connectivity index (χ3n) is 5.36. The summed E-state index contributed by atoms with van der Waals surface area (Å²) in [6.45, 7) is 16.8. The summed E-state index contributed by atoms with van der Waals surface area (Å²) < 4.78 is 0. The number of aryl methyl sites for hydroxylation is 6. The second-order valence-corrected chi connectivity index (χ2v) is 17.6. The number of hydrogen-bond acceptors (Lipinski definition) is 3. The summed E-state index contributed by atoms with van der Waals surface area (Å²) in [6.07, 6.45) is 2.95. The van der Waals surface area contributed by atoms with Crippen LogP contribution in [0.3, 0.4) is 0 Å². The Morgan fingerprint density at radius 1 is 0.750 bits per heavy atom. The summed E-state index contributed by atoms with van der Waals surface area (Å²) in [5, 5.41) is 0. The zero-order chi connectivity index (χ0) is 24.0. The van der Waals surface area contributed by atoms with Gasteiger partial charge in [0.15, 0.2) is 0 Å². The van der Waals surface area contributed by atoms with Crippen molar-refractivity contribution in [2.75, 3.05) is 0 Å². The Hall–Kier alpha value is -0.831. The van der Waals surface area contributed by atoms with Crippen molar-refractivity contribution in [1.82, 2.24) is 0 Å². The first kappa shape index (κ1) is 27.4. The number of aliphatic imine (C=N–C) groups is 3. The van der Waals surface area contributed by atoms with Gasteiger partial charge < -0.3 is 0 Å². The Morgan fingerprint density at radius 2 is 1.12 bits per heavy atom. The minimum absolute atomic E-state index is 0.799. The molecule has 1 heterocycles. The van der Waals surface area contributed by atoms with Crippen molar-refractivity contribution in [3.05, 3.63) is 69.4 Å². The summed E-state index contributed by atoms with van der Waals surface area (Å²) in [7, 11) is 1.19. The molecule has 0 aromatic heterocycles. The van der Waals surface area contributed by atoms with E-state index in [1.165, 1.54) is 41.8 Å². The van der Waals surface area contributed by atoms with Gasteiger partial charge in [-0.3, -0.25) is 9.98 Å². The van der Waals surface area contributed by atoms with Gasteiger partial charge in [0.2, 0.25) is 0 Å². The van der Waals surface area contributed by atoms with Gasteiger partial charge in [0.1, 0.15) is 0 Å². The average Bonchev–Trinajstić information content (AvgIpc) is 3.18. The van der Waals surface area contributed by atoms with Gasteiger partial charge in [-0.05, 0) is 77.6 Å². The monoisotopic (exact) mass is 695 g/mol. The van der Waals surface area contributed by atoms with Gasteiger partial charge in [-0.2, -0.15) is 0 Å². The third-order valence-corrected chi connectivity index (χ3v) is 5.36. The van der Waals surface area contributed by atoms with Gasteiger partial charge in [-0.1, -0.05) is 41.5 Å². The Morgan fingerprint density at radius 3 is 1.53 bits per heavy atom. The third kappa shape index (κ3) is 7.34. The van der Waals surface area contributed by atoms with Gasteiger partial charge >= 0.3 is 49.1 Å². The zero-order valence-electron chi connectivity index (χ0n) is 20.0. The molecule has 0 saturated heterocycles. The molecule has 32 heavy (non-hydrogen) atoms. The van der Waals surface area contributed by atoms with Crippen LogP contribution in [0.2, 0.25) is 0 Å². The van der Waals surface area contributed by atoms with Crippen LogP contribution in [0.25, 0.3) is 0 Å². The molecule has 3 nitrogen and oxygen atoms in total. The van der Waals surface area contributed by atoms with E-state index in [0.29, 0.717) is 0 Å². The summed E-state index contributed by atoms with van der Waals surface area (Å²) in [5.74, 6) is 0. The van der Waals surface area contributed by atoms with Gasteiger partial charge in [0, 0.05) is 6.42 Å². The molecule has 0 radical (unpaired) electrons. The van der Waals surface area contributed by atoms with Crippen LogP contribution in [0.15, 0.2) is 51.0 Å². The molecule has 2 aromatic rings. The molecule has 0 bridgehead atoms. The summed E-state index contributed by atoms with van der Waals surface area (Å²) in [5.41, 5.74) is 13.4. The molecule has 2 aromatic carbocycles. The van der Waals surface area contributed by atoms with Crippen molar-refractivity contribution in [3.63, 3.8) is 0 Å². The van der Waals surface area contributed by atoms with E-state index in [4.69, 9.17) is 15.0 Å². The second kappa shape index (κ2) is 12.6. The predicted octanol–water partition coefficient (Wildman–Crippen LogP) is 8.92. The van der Waals surface area contributed by atoms with E-state index in [1.54, 1.807) is 0 Å². The number of hydrogen-bond donors (Lipinski definition) is 0. The van der Waals surface area contributed by atoms with Crippen molar-refractivity contribution in [2.24, 2.45) is 15.0 Å². The van der Waals surface area contributed by atoms with E-state index in [1.807, 2.05) is 6.92 Å². The predicted molar refractivity (Wildman–Crippen MR) is 155 cm³/mol. The molecular weight excluding hydrogens is 664 g/mol. The van der Waals surface area contributed by atoms with E-state index in [2.05, 4.69) is 119 Å². The quantitative estimate of drug-likeness (QED) is 0.174. The molecule has 172 valence electrons. The minimum atomic E-state index is 0.799. The molecule has 0 amide bonds. The summed E-state index contributed by atoms with van der Waals surface area (Å²) in [4.78, 5) is 14.7. The normalized spacial score (nSPS) is 14.2. The van der Waals surface area contributed by atoms with Crippen LogP contribution in [0.5, 0.6) is 0 Å². The van der Waals surface area contributed by atoms with Gasteiger partial charge in [0.05, 0.1) is 34.2 Å². The van der Waals surface area contributed by atoms with Crippen molar-refractivity contribution < 1.29 is 8.46 Å². The summed E-state index contributed by atoms with van der Waals surface area (Å²) >= 11 is 4.55. The number of nitrogens with zero attached hydrogens (tertiary/aromatic N) is 3. The van der Waals surface area contributed by atoms with E-state index < -0.39 is 0 Å². The van der Waals surface area contributed by atoms with Crippen LogP contribution in [0, 0.1) is 41.5 Å². The number of rotatable bonds is 4. The topological polar surface area (TPSA) is 37.1 Å². The van der Waals surface area contributed by atoms with E-state index in [9.17, 15) is 0 Å². The van der Waals surface area contributed by atoms with Crippen LogP contribution in [0.1, 0.15) is 53.6 Å². The van der Waals surface area contributed by atoms with Crippen molar-refractivity contribution in [2.45, 2.75) is 61.8 Å². The molecule has 3 rings (SSSR count). The van der Waals surface area contributed by atoms with Gasteiger partial charge in [0.25, 0.3) is 0 Å². The van der Waals surface area contributed by atoms with Crippen LogP contribution in [0.4, 0.5) is 11.4 Å². The molecule has 1 aliphatic rings. The standard InChI is InChI=1S/C26H31N3.Fe.2HI/c1-15-11-17(3)25(18(4)12-15)27-21(7)23-9-10-24(29-23)22(8)28-26-19(5)13-16(2)14-20(26)6;;;/h9,11-14H,10H2,1-8H3;;2*1H/q;+2;;/p-2. The first-order valence-corrected chi connectivity index (χ1v) is 17.6. The van der Waals surface area contributed by atoms with Crippen molar-refractivity contribution >= 4 is 69.2 Å². The van der Waals surface area contributed by atoms with E-state index in [0.717, 1.165) is 40.6 Å². The molecular formula is C26H31FeI2N3. The molecule has 0 unspecified atom stereocenters. The zero-order valence-corrected chi connectivity index (χ0v) is 25.5. The fraction of sp³-hybridized carbons (Fsp3) is 0.346. The fourth-order valence-electron chi connectivity index (χ4n) is 4.04. The van der Waals surface area contributed by atoms with Crippen molar-refractivity contribution in [1.29, 1.82) is 0 Å². The molecule has 0 N–H and O–H groups in total. The Bertz CT molecular complexity index is 1080. The Labute approximate surface area is 222 Å². The fourth-order valence-corrected chi connectivity index (χ4v) is 4.04. The molecule has 0 spiro atoms. The van der Waals surface area contributed by atoms with Crippen LogP contribution in [-0.2, 0) is 8.46 Å². The molecule has 0 atom stereocenters. The number of benzene rings is 2. The van der Waals surface area contributed by atoms with Crippen LogP contribution < -0.4 is 0 Å². The molecule has 0 saturated carbocycles. The number of halogens is 2. The Kier molecular flexibility index (Phi) is 10.8. The first-order chi connectivity index (χ1) is 15.1. The molecule has 0 aliphatic carbocycles. The maximum atomic E-state index is 4.91. The number of allylic oxidation sites excluding steroid dienone is 2. The van der Waals surface area contributed by atoms with Crippen LogP contribution in [-0.4, -0.2) is 17.1 Å². The molecule has 1 aliphatic heterocycles. The Balaban J connectivity index is 0.00000114. The second-order valence-electron chi connectivity index (χ2n) is 8.29. The maximum absolute atomic E-state index is 4.91. The summed E-state index contributed by atoms with van der Waals surface area (Å²) in [6, 6.07) is 8.73. The molecule has 0 fully saturated rings. The average molecular weight is 695 g/mol. The van der Waals surface area contributed by atoms with E-state index in [-0.39, 0.29) is 0 Å². The van der Waals surface area contributed by atoms with Crippen molar-refractivity contribution in [3.8, 4) is 0 Å². The van der Waals surface area contributed by atoms with Gasteiger partial charge in [-0.25, -0.2) is 4.99 Å². The molecule has 6 heteroatoms. The van der Waals surface area contributed by atoms with Gasteiger partial charge in [-0.15, -0.1) is 0 Å². The van der Waals surface area contributed by atoms with E-state index >= 15 is 0 Å².